The third kappa shape index (κ3) is 3.78. The number of aryl methyl sites for hydroxylation is 1. The molecule has 1 aromatic heterocycles. The molecule has 0 bridgehead atoms. The molecule has 2 aromatic rings. The molecule has 1 saturated heterocycles. The van der Waals surface area contributed by atoms with Gasteiger partial charge in [0.05, 0.1) is 15.7 Å². The molecular formula is C15H17F3N4O4S2. The lowest BCUT2D eigenvalue weighted by atomic mass is 10.2. The van der Waals surface area contributed by atoms with E-state index in [4.69, 9.17) is 0 Å². The van der Waals surface area contributed by atoms with Gasteiger partial charge in [-0.2, -0.15) is 17.5 Å². The van der Waals surface area contributed by atoms with E-state index < -0.39 is 36.9 Å². The van der Waals surface area contributed by atoms with Gasteiger partial charge in [0.2, 0.25) is 25.0 Å². The first-order valence-corrected chi connectivity index (χ1v) is 11.2. The highest BCUT2D eigenvalue weighted by molar-refractivity contribution is 7.92. The largest absolute Gasteiger partial charge is 0.416 e. The van der Waals surface area contributed by atoms with Gasteiger partial charge in [0.25, 0.3) is 0 Å². The summed E-state index contributed by atoms with van der Waals surface area (Å²) in [6.45, 7) is -0.129. The van der Waals surface area contributed by atoms with Crippen molar-refractivity contribution in [3.63, 3.8) is 0 Å². The summed E-state index contributed by atoms with van der Waals surface area (Å²) in [5, 5.41) is 6.16. The monoisotopic (exact) mass is 438 g/mol. The molecule has 28 heavy (non-hydrogen) atoms. The zero-order valence-electron chi connectivity index (χ0n) is 14.7. The van der Waals surface area contributed by atoms with E-state index in [9.17, 15) is 30.0 Å². The summed E-state index contributed by atoms with van der Waals surface area (Å²) < 4.78 is 90.9. The number of sulfone groups is 1. The predicted octanol–water partition coefficient (Wildman–Crippen LogP) is 1.46. The average molecular weight is 438 g/mol. The van der Waals surface area contributed by atoms with Crippen LogP contribution in [0.2, 0.25) is 0 Å². The molecule has 1 aliphatic heterocycles. The zero-order valence-corrected chi connectivity index (χ0v) is 16.3. The summed E-state index contributed by atoms with van der Waals surface area (Å²) in [4.78, 5) is -0.268. The summed E-state index contributed by atoms with van der Waals surface area (Å²) >= 11 is 0. The maximum atomic E-state index is 12.7. The normalized spacial score (nSPS) is 17.7. The third-order valence-electron chi connectivity index (χ3n) is 4.58. The highest BCUT2D eigenvalue weighted by Crippen LogP contribution is 2.31. The van der Waals surface area contributed by atoms with Crippen LogP contribution in [0.1, 0.15) is 18.4 Å². The molecule has 0 saturated carbocycles. The number of hydrogen-bond donors (Lipinski definition) is 0. The second kappa shape index (κ2) is 7.12. The lowest BCUT2D eigenvalue weighted by Crippen LogP contribution is -2.42. The maximum Gasteiger partial charge on any atom is 0.416 e. The molecule has 0 amide bonds. The first kappa shape index (κ1) is 20.7. The van der Waals surface area contributed by atoms with Crippen LogP contribution in [0.4, 0.5) is 13.2 Å². The quantitative estimate of drug-likeness (QED) is 0.716. The van der Waals surface area contributed by atoms with Gasteiger partial charge >= 0.3 is 6.18 Å². The Morgan fingerprint density at radius 1 is 1.04 bits per heavy atom. The molecule has 1 aromatic carbocycles. The Morgan fingerprint density at radius 2 is 1.61 bits per heavy atom. The van der Waals surface area contributed by atoms with Gasteiger partial charge in [-0.05, 0) is 37.1 Å². The number of hydrogen-bond acceptors (Lipinski definition) is 6. The van der Waals surface area contributed by atoms with Gasteiger partial charge in [-0.1, -0.05) is 0 Å². The summed E-state index contributed by atoms with van der Waals surface area (Å²) in [6, 6.07) is 3.22. The minimum absolute atomic E-state index is 0.0507. The minimum atomic E-state index is -4.56. The van der Waals surface area contributed by atoms with Crippen molar-refractivity contribution in [1.29, 1.82) is 0 Å². The van der Waals surface area contributed by atoms with E-state index in [1.165, 1.54) is 17.9 Å². The van der Waals surface area contributed by atoms with Crippen LogP contribution in [0.15, 0.2) is 40.6 Å². The molecule has 2 heterocycles. The molecule has 0 unspecified atom stereocenters. The molecule has 8 nitrogen and oxygen atoms in total. The lowest BCUT2D eigenvalue weighted by molar-refractivity contribution is -0.137. The molecule has 0 spiro atoms. The van der Waals surface area contributed by atoms with E-state index in [1.807, 2.05) is 0 Å². The standard InChI is InChI=1S/C15H17F3N4O4S2/c1-21-10-19-20-14(21)27(23,24)12-6-8-22(9-7-12)28(25,26)13-4-2-11(3-5-13)15(16,17)18/h2-5,10,12H,6-9H2,1H3. The maximum absolute atomic E-state index is 12.7. The van der Waals surface area contributed by atoms with Crippen molar-refractivity contribution in [3.05, 3.63) is 36.2 Å². The summed E-state index contributed by atoms with van der Waals surface area (Å²) in [6.07, 6.45) is -3.20. The smallest absolute Gasteiger partial charge is 0.308 e. The molecule has 13 heteroatoms. The summed E-state index contributed by atoms with van der Waals surface area (Å²) in [7, 11) is -6.28. The van der Waals surface area contributed by atoms with E-state index in [2.05, 4.69) is 10.2 Å². The first-order valence-electron chi connectivity index (χ1n) is 8.19. The van der Waals surface area contributed by atoms with E-state index in [-0.39, 0.29) is 36.0 Å². The van der Waals surface area contributed by atoms with Gasteiger partial charge in [0, 0.05) is 20.1 Å². The van der Waals surface area contributed by atoms with Crippen molar-refractivity contribution >= 4 is 19.9 Å². The van der Waals surface area contributed by atoms with Crippen LogP contribution in [0, 0.1) is 0 Å². The molecule has 0 radical (unpaired) electrons. The first-order chi connectivity index (χ1) is 12.9. The van der Waals surface area contributed by atoms with Crippen molar-refractivity contribution in [2.75, 3.05) is 13.1 Å². The number of halogens is 3. The minimum Gasteiger partial charge on any atom is -0.308 e. The Hall–Kier alpha value is -1.99. The van der Waals surface area contributed by atoms with Crippen molar-refractivity contribution in [2.45, 2.75) is 34.3 Å². The molecule has 0 atom stereocenters. The Labute approximate surface area is 160 Å². The Balaban J connectivity index is 1.74. The van der Waals surface area contributed by atoms with Gasteiger partial charge in [0.1, 0.15) is 6.33 Å². The van der Waals surface area contributed by atoms with Crippen molar-refractivity contribution < 1.29 is 30.0 Å². The molecular weight excluding hydrogens is 421 g/mol. The van der Waals surface area contributed by atoms with Gasteiger partial charge in [0.15, 0.2) is 0 Å². The van der Waals surface area contributed by atoms with Gasteiger partial charge < -0.3 is 4.57 Å². The highest BCUT2D eigenvalue weighted by atomic mass is 32.2. The van der Waals surface area contributed by atoms with Crippen LogP contribution in [0.5, 0.6) is 0 Å². The van der Waals surface area contributed by atoms with E-state index in [0.29, 0.717) is 12.1 Å². The number of nitrogens with zero attached hydrogens (tertiary/aromatic N) is 4. The fraction of sp³-hybridized carbons (Fsp3) is 0.467. The molecule has 3 rings (SSSR count). The van der Waals surface area contributed by atoms with E-state index in [0.717, 1.165) is 16.4 Å². The van der Waals surface area contributed by atoms with Crippen LogP contribution < -0.4 is 0 Å². The fourth-order valence-corrected chi connectivity index (χ4v) is 6.24. The number of rotatable bonds is 4. The summed E-state index contributed by atoms with van der Waals surface area (Å²) in [5.74, 6) is 0. The predicted molar refractivity (Wildman–Crippen MR) is 91.4 cm³/mol. The van der Waals surface area contributed by atoms with E-state index >= 15 is 0 Å². The van der Waals surface area contributed by atoms with Crippen molar-refractivity contribution in [3.8, 4) is 0 Å². The molecule has 154 valence electrons. The fourth-order valence-electron chi connectivity index (χ4n) is 3.03. The molecule has 1 aliphatic rings. The van der Waals surface area contributed by atoms with Crippen LogP contribution in [-0.2, 0) is 33.1 Å². The number of sulfonamides is 1. The topological polar surface area (TPSA) is 102 Å². The zero-order chi connectivity index (χ0) is 20.7. The van der Waals surface area contributed by atoms with E-state index in [1.54, 1.807) is 0 Å². The number of aromatic nitrogens is 3. The second-order valence-corrected chi connectivity index (χ2v) is 10.5. The van der Waals surface area contributed by atoms with Crippen molar-refractivity contribution in [1.82, 2.24) is 19.1 Å². The Bertz CT molecular complexity index is 1060. The number of benzene rings is 1. The van der Waals surface area contributed by atoms with Gasteiger partial charge in [-0.15, -0.1) is 10.2 Å². The Kier molecular flexibility index (Phi) is 5.27. The third-order valence-corrected chi connectivity index (χ3v) is 8.72. The lowest BCUT2D eigenvalue weighted by Gasteiger charge is -2.30. The van der Waals surface area contributed by atoms with Crippen LogP contribution in [0.3, 0.4) is 0 Å². The van der Waals surface area contributed by atoms with Gasteiger partial charge in [-0.25, -0.2) is 16.8 Å². The highest BCUT2D eigenvalue weighted by Gasteiger charge is 2.38. The molecule has 0 N–H and O–H groups in total. The van der Waals surface area contributed by atoms with Crippen LogP contribution in [-0.4, -0.2) is 54.2 Å². The number of piperidine rings is 1. The van der Waals surface area contributed by atoms with Crippen molar-refractivity contribution in [2.24, 2.45) is 7.05 Å². The number of alkyl halides is 3. The molecule has 0 aliphatic carbocycles. The van der Waals surface area contributed by atoms with Crippen LogP contribution in [0.25, 0.3) is 0 Å². The van der Waals surface area contributed by atoms with Gasteiger partial charge in [-0.3, -0.25) is 0 Å². The van der Waals surface area contributed by atoms with Crippen LogP contribution >= 0.6 is 0 Å². The SMILES string of the molecule is Cn1cnnc1S(=O)(=O)C1CCN(S(=O)(=O)c2ccc(C(F)(F)F)cc2)CC1. The molecule has 1 fully saturated rings. The Morgan fingerprint density at radius 3 is 2.07 bits per heavy atom. The summed E-state index contributed by atoms with van der Waals surface area (Å²) in [5.41, 5.74) is -0.945. The average Bonchev–Trinajstić information content (AvgIpc) is 3.08. The second-order valence-electron chi connectivity index (χ2n) is 6.40.